The summed E-state index contributed by atoms with van der Waals surface area (Å²) in [7, 11) is 1.56. The Morgan fingerprint density at radius 3 is 2.03 bits per heavy atom. The molecule has 0 bridgehead atoms. The van der Waals surface area contributed by atoms with Crippen LogP contribution in [0.2, 0.25) is 0 Å². The highest BCUT2D eigenvalue weighted by Gasteiger charge is 2.38. The number of likely N-dealkylation sites (tertiary alicyclic amines) is 1. The molecule has 9 N–H and O–H groups in total. The molecule has 1 aliphatic heterocycles. The molecular weight excluding hydrogens is 919 g/mol. The van der Waals surface area contributed by atoms with Gasteiger partial charge in [0, 0.05) is 53.5 Å². The number of rotatable bonds is 24. The van der Waals surface area contributed by atoms with Gasteiger partial charge in [-0.2, -0.15) is 11.8 Å². The maximum Gasteiger partial charge on any atom is 0.245 e. The maximum atomic E-state index is 14.1. The van der Waals surface area contributed by atoms with E-state index in [1.807, 2.05) is 26.0 Å². The summed E-state index contributed by atoms with van der Waals surface area (Å²) in [6, 6.07) is 13.3. The lowest BCUT2D eigenvalue weighted by molar-refractivity contribution is -0.141. The second-order valence-corrected chi connectivity index (χ2v) is 18.9. The molecule has 70 heavy (non-hydrogen) atoms. The van der Waals surface area contributed by atoms with Crippen LogP contribution in [0.3, 0.4) is 0 Å². The number of nitrogens with one attached hydrogen (secondary N) is 7. The molecule has 0 aromatic heterocycles. The lowest BCUT2D eigenvalue weighted by atomic mass is 9.83. The SMILES string of the molecule is COc1ccc(CSC[C@H](NC(=O)[C@H](C)NC(=O)[C@H](C)NC(=O)[C@H](C)N)C(=O)NCC(=O)N[C@@H](CC(C)C)C(=O)N2CCC[C@H]2C(=O)NCCCNc2cccc3c2C(=O)c2ccccc2C3=O)cc1. The third-order valence-electron chi connectivity index (χ3n) is 11.8. The molecule has 1 heterocycles. The van der Waals surface area contributed by atoms with E-state index in [-0.39, 0.29) is 42.1 Å². The molecule has 19 nitrogen and oxygen atoms in total. The van der Waals surface area contributed by atoms with Gasteiger partial charge in [-0.15, -0.1) is 0 Å². The van der Waals surface area contributed by atoms with Crippen molar-refractivity contribution in [2.75, 3.05) is 44.4 Å². The molecule has 3 aromatic carbocycles. The molecule has 1 saturated heterocycles. The molecule has 7 amide bonds. The lowest BCUT2D eigenvalue weighted by Gasteiger charge is -2.29. The van der Waals surface area contributed by atoms with Gasteiger partial charge in [-0.1, -0.05) is 62.4 Å². The fourth-order valence-corrected chi connectivity index (χ4v) is 8.99. The summed E-state index contributed by atoms with van der Waals surface area (Å²) < 4.78 is 5.23. The largest absolute Gasteiger partial charge is 0.497 e. The number of amides is 7. The van der Waals surface area contributed by atoms with E-state index >= 15 is 0 Å². The number of fused-ring (bicyclic) bond motifs is 2. The smallest absolute Gasteiger partial charge is 0.245 e. The van der Waals surface area contributed by atoms with E-state index in [1.54, 1.807) is 61.7 Å². The van der Waals surface area contributed by atoms with Crippen molar-refractivity contribution in [3.05, 3.63) is 94.5 Å². The van der Waals surface area contributed by atoms with Crippen LogP contribution < -0.4 is 47.7 Å². The van der Waals surface area contributed by atoms with E-state index in [0.29, 0.717) is 71.8 Å². The van der Waals surface area contributed by atoms with Gasteiger partial charge in [0.15, 0.2) is 11.6 Å². The van der Waals surface area contributed by atoms with Crippen LogP contribution in [0, 0.1) is 5.92 Å². The Morgan fingerprint density at radius 2 is 1.37 bits per heavy atom. The normalized spacial score (nSPS) is 16.1. The number of carbonyl (C=O) groups is 9. The third-order valence-corrected chi connectivity index (χ3v) is 12.9. The molecule has 0 unspecified atom stereocenters. The molecule has 0 saturated carbocycles. The molecule has 1 fully saturated rings. The Labute approximate surface area is 412 Å². The standard InChI is InChI=1S/C50H65N9O10S/c1-28(2)24-38(50(68)59-23-10-16-40(59)49(67)53-22-11-21-52-37-15-9-14-36-42(37)44(62)35-13-8-7-12-34(35)43(36)61)57-41(60)25-54-48(66)39(27-70-26-32-17-19-33(69-6)20-18-32)58-47(65)31(5)56-46(64)30(4)55-45(63)29(3)51/h7-9,12-15,17-20,28-31,38-40,52H,10-11,16,21-27,51H2,1-6H3,(H,53,67)(H,54,66)(H,55,63)(H,56,64)(H,57,60)(H,58,65)/t29-,30-,31-,38-,39-,40-/m0/s1. The van der Waals surface area contributed by atoms with Crippen LogP contribution in [0.1, 0.15) is 97.7 Å². The Hall–Kier alpha value is -6.80. The minimum absolute atomic E-state index is 0.0297. The fourth-order valence-electron chi connectivity index (χ4n) is 7.98. The molecular formula is C50H65N9O10S. The van der Waals surface area contributed by atoms with Gasteiger partial charge in [0.2, 0.25) is 41.4 Å². The van der Waals surface area contributed by atoms with Crippen LogP contribution >= 0.6 is 11.8 Å². The monoisotopic (exact) mass is 983 g/mol. The van der Waals surface area contributed by atoms with Crippen molar-refractivity contribution in [1.82, 2.24) is 36.8 Å². The molecule has 20 heteroatoms. The van der Waals surface area contributed by atoms with Gasteiger partial charge in [0.1, 0.15) is 36.0 Å². The lowest BCUT2D eigenvalue weighted by Crippen LogP contribution is -2.57. The van der Waals surface area contributed by atoms with Gasteiger partial charge in [-0.05, 0) is 76.1 Å². The summed E-state index contributed by atoms with van der Waals surface area (Å²) >= 11 is 1.35. The second kappa shape index (κ2) is 25.7. The van der Waals surface area contributed by atoms with Gasteiger partial charge in [0.05, 0.1) is 25.3 Å². The Morgan fingerprint density at radius 1 is 0.729 bits per heavy atom. The molecule has 6 atom stereocenters. The van der Waals surface area contributed by atoms with Gasteiger partial charge < -0.3 is 52.6 Å². The fraction of sp³-hybridized carbons (Fsp3) is 0.460. The number of anilines is 1. The molecule has 0 spiro atoms. The first-order valence-electron chi connectivity index (χ1n) is 23.5. The molecule has 376 valence electrons. The quantitative estimate of drug-likeness (QED) is 0.0466. The van der Waals surface area contributed by atoms with Gasteiger partial charge in [0.25, 0.3) is 0 Å². The first kappa shape index (κ1) is 54.1. The van der Waals surface area contributed by atoms with Crippen LogP contribution in [0.5, 0.6) is 5.75 Å². The summed E-state index contributed by atoms with van der Waals surface area (Å²) in [5.41, 5.74) is 8.42. The average molecular weight is 984 g/mol. The number of thioether (sulfide) groups is 1. The summed E-state index contributed by atoms with van der Waals surface area (Å²) in [5, 5.41) is 19.1. The molecule has 2 aliphatic rings. The number of hydrogen-bond donors (Lipinski definition) is 8. The highest BCUT2D eigenvalue weighted by Crippen LogP contribution is 2.32. The van der Waals surface area contributed by atoms with Crippen LogP contribution in [0.15, 0.2) is 66.7 Å². The zero-order valence-corrected chi connectivity index (χ0v) is 41.3. The summed E-state index contributed by atoms with van der Waals surface area (Å²) in [5.74, 6) is -3.23. The highest BCUT2D eigenvalue weighted by atomic mass is 32.2. The van der Waals surface area contributed by atoms with E-state index in [2.05, 4.69) is 37.2 Å². The van der Waals surface area contributed by atoms with Crippen LogP contribution in [-0.4, -0.2) is 133 Å². The van der Waals surface area contributed by atoms with Crippen molar-refractivity contribution in [2.24, 2.45) is 11.7 Å². The van der Waals surface area contributed by atoms with Crippen molar-refractivity contribution < 1.29 is 47.9 Å². The number of ether oxygens (including phenoxy) is 1. The van der Waals surface area contributed by atoms with Crippen molar-refractivity contribution in [1.29, 1.82) is 0 Å². The van der Waals surface area contributed by atoms with Crippen molar-refractivity contribution in [3.8, 4) is 5.75 Å². The predicted molar refractivity (Wildman–Crippen MR) is 265 cm³/mol. The predicted octanol–water partition coefficient (Wildman–Crippen LogP) is 1.80. The minimum Gasteiger partial charge on any atom is -0.497 e. The van der Waals surface area contributed by atoms with Crippen LogP contribution in [0.25, 0.3) is 0 Å². The number of nitrogens with zero attached hydrogens (tertiary/aromatic N) is 1. The summed E-state index contributed by atoms with van der Waals surface area (Å²) in [6.07, 6.45) is 1.74. The van der Waals surface area contributed by atoms with E-state index in [0.717, 1.165) is 5.56 Å². The molecule has 3 aromatic rings. The zero-order chi connectivity index (χ0) is 51.1. The Kier molecular flexibility index (Phi) is 19.9. The van der Waals surface area contributed by atoms with Crippen molar-refractivity contribution >= 4 is 70.4 Å². The summed E-state index contributed by atoms with van der Waals surface area (Å²) in [4.78, 5) is 121. The number of carbonyl (C=O) groups excluding carboxylic acids is 9. The minimum atomic E-state index is -1.15. The number of hydrogen-bond acceptors (Lipinski definition) is 13. The number of ketones is 2. The van der Waals surface area contributed by atoms with Gasteiger partial charge in [-0.25, -0.2) is 0 Å². The van der Waals surface area contributed by atoms with Gasteiger partial charge in [-0.3, -0.25) is 43.2 Å². The number of benzene rings is 3. The molecule has 0 radical (unpaired) electrons. The third kappa shape index (κ3) is 14.6. The van der Waals surface area contributed by atoms with Crippen molar-refractivity contribution in [2.45, 2.75) is 102 Å². The Bertz CT molecular complexity index is 2410. The Balaban J connectivity index is 1.14. The zero-order valence-electron chi connectivity index (χ0n) is 40.5. The van der Waals surface area contributed by atoms with E-state index < -0.39 is 78.2 Å². The summed E-state index contributed by atoms with van der Waals surface area (Å²) in [6.45, 7) is 8.55. The topological polar surface area (TPSA) is 276 Å². The van der Waals surface area contributed by atoms with E-state index in [9.17, 15) is 43.2 Å². The van der Waals surface area contributed by atoms with Crippen LogP contribution in [0.4, 0.5) is 5.69 Å². The highest BCUT2D eigenvalue weighted by molar-refractivity contribution is 7.98. The number of methoxy groups -OCH3 is 1. The average Bonchev–Trinajstić information content (AvgIpc) is 3.84. The van der Waals surface area contributed by atoms with E-state index in [4.69, 9.17) is 10.5 Å². The van der Waals surface area contributed by atoms with E-state index in [1.165, 1.54) is 37.4 Å². The first-order valence-corrected chi connectivity index (χ1v) is 24.6. The second-order valence-electron chi connectivity index (χ2n) is 17.8. The van der Waals surface area contributed by atoms with Crippen molar-refractivity contribution in [3.63, 3.8) is 0 Å². The van der Waals surface area contributed by atoms with Gasteiger partial charge >= 0.3 is 0 Å². The molecule has 5 rings (SSSR count). The maximum absolute atomic E-state index is 14.1. The molecule has 1 aliphatic carbocycles. The first-order chi connectivity index (χ1) is 33.4. The number of nitrogens with two attached hydrogens (primary N) is 1. The van der Waals surface area contributed by atoms with Crippen LogP contribution in [-0.2, 0) is 39.3 Å².